The van der Waals surface area contributed by atoms with Gasteiger partial charge in [-0.2, -0.15) is 9.78 Å². The molecule has 4 aromatic rings. The fourth-order valence-corrected chi connectivity index (χ4v) is 6.17. The molecule has 2 heterocycles. The van der Waals surface area contributed by atoms with Crippen LogP contribution in [0.15, 0.2) is 72.8 Å². The molecule has 48 heavy (non-hydrogen) atoms. The molecule has 11 heteroatoms. The molecule has 1 aromatic heterocycles. The lowest BCUT2D eigenvalue weighted by atomic mass is 9.93. The van der Waals surface area contributed by atoms with E-state index in [-0.39, 0.29) is 23.4 Å². The summed E-state index contributed by atoms with van der Waals surface area (Å²) in [6.07, 6.45) is -1.59. The minimum atomic E-state index is -4.83. The van der Waals surface area contributed by atoms with E-state index in [1.807, 2.05) is 34.9 Å². The first kappa shape index (κ1) is 35.0. The van der Waals surface area contributed by atoms with Crippen LogP contribution in [0.1, 0.15) is 79.9 Å². The Kier molecular flexibility index (Phi) is 11.1. The third kappa shape index (κ3) is 8.02. The topological polar surface area (TPSA) is 80.1 Å². The summed E-state index contributed by atoms with van der Waals surface area (Å²) in [6, 6.07) is 20.6. The normalized spacial score (nSPS) is 15.5. The van der Waals surface area contributed by atoms with Crippen LogP contribution < -0.4 is 9.47 Å². The van der Waals surface area contributed by atoms with Gasteiger partial charge in [-0.1, -0.05) is 69.2 Å². The van der Waals surface area contributed by atoms with Gasteiger partial charge in [-0.25, -0.2) is 0 Å². The number of aliphatic hydroxyl groups is 1. The fourth-order valence-electron chi connectivity index (χ4n) is 6.17. The summed E-state index contributed by atoms with van der Waals surface area (Å²) in [4.78, 5) is 17.5. The first-order chi connectivity index (χ1) is 23.0. The number of fused-ring (bicyclic) bond motifs is 1. The van der Waals surface area contributed by atoms with E-state index in [2.05, 4.69) is 24.7 Å². The molecule has 5 rings (SSSR count). The van der Waals surface area contributed by atoms with Gasteiger partial charge in [0.25, 0.3) is 5.91 Å². The Morgan fingerprint density at radius 3 is 2.33 bits per heavy atom. The number of benzene rings is 3. The third-order valence-electron chi connectivity index (χ3n) is 8.76. The zero-order valence-electron chi connectivity index (χ0n) is 27.8. The van der Waals surface area contributed by atoms with Crippen molar-refractivity contribution in [1.29, 1.82) is 0 Å². The number of amides is 1. The van der Waals surface area contributed by atoms with Crippen LogP contribution in [0.3, 0.4) is 0 Å². The SMILES string of the molecule is CCCCN(CCCC)C(=O)c1cc(OC)n(-c2ccc(-c3cccc(OC(F)(F)F)c3)cc2C(O)N2Cc3ccccc3CC2C)n1. The molecule has 0 fully saturated rings. The van der Waals surface area contributed by atoms with E-state index in [4.69, 9.17) is 9.84 Å². The van der Waals surface area contributed by atoms with Crippen molar-refractivity contribution in [3.8, 4) is 28.4 Å². The Morgan fingerprint density at radius 1 is 0.979 bits per heavy atom. The van der Waals surface area contributed by atoms with E-state index in [0.717, 1.165) is 37.7 Å². The highest BCUT2D eigenvalue weighted by Gasteiger charge is 2.33. The van der Waals surface area contributed by atoms with Crippen LogP contribution >= 0.6 is 0 Å². The number of rotatable bonds is 13. The Balaban J connectivity index is 1.59. The zero-order chi connectivity index (χ0) is 34.4. The maximum absolute atomic E-state index is 13.7. The number of unbranched alkanes of at least 4 members (excludes halogenated alkanes) is 2. The van der Waals surface area contributed by atoms with Crippen molar-refractivity contribution in [2.24, 2.45) is 0 Å². The first-order valence-corrected chi connectivity index (χ1v) is 16.5. The monoisotopic (exact) mass is 664 g/mol. The predicted octanol–water partition coefficient (Wildman–Crippen LogP) is 7.93. The molecule has 0 spiro atoms. The van der Waals surface area contributed by atoms with Crippen molar-refractivity contribution in [3.05, 3.63) is 95.2 Å². The minimum Gasteiger partial charge on any atom is -0.481 e. The van der Waals surface area contributed by atoms with Gasteiger partial charge in [0.05, 0.1) is 12.8 Å². The summed E-state index contributed by atoms with van der Waals surface area (Å²) < 4.78 is 50.5. The molecule has 0 saturated carbocycles. The van der Waals surface area contributed by atoms with Gasteiger partial charge in [-0.15, -0.1) is 13.2 Å². The maximum atomic E-state index is 13.7. The van der Waals surface area contributed by atoms with Gasteiger partial charge in [-0.3, -0.25) is 9.69 Å². The van der Waals surface area contributed by atoms with Crippen molar-refractivity contribution in [2.75, 3.05) is 20.2 Å². The van der Waals surface area contributed by atoms with Gasteiger partial charge < -0.3 is 19.5 Å². The number of hydrogen-bond donors (Lipinski definition) is 1. The lowest BCUT2D eigenvalue weighted by Crippen LogP contribution is -2.41. The van der Waals surface area contributed by atoms with Crippen LogP contribution in [0.2, 0.25) is 0 Å². The van der Waals surface area contributed by atoms with E-state index in [9.17, 15) is 23.1 Å². The number of nitrogens with zero attached hydrogens (tertiary/aromatic N) is 4. The second kappa shape index (κ2) is 15.3. The standard InChI is InChI=1S/C37H43F3N4O4/c1-5-7-18-42(19-8-6-2)36(46)32-23-34(47-4)44(41-32)33-17-16-28(27-14-11-15-30(21-27)48-37(38,39)40)22-31(33)35(45)43-24-29-13-10-9-12-26(29)20-25(43)3/h9-17,21-23,25,35,45H,5-8,18-20,24H2,1-4H3. The highest BCUT2D eigenvalue weighted by atomic mass is 19.4. The van der Waals surface area contributed by atoms with Gasteiger partial charge in [0.15, 0.2) is 5.69 Å². The molecule has 1 amide bonds. The van der Waals surface area contributed by atoms with Gasteiger partial charge in [0.2, 0.25) is 5.88 Å². The molecular weight excluding hydrogens is 621 g/mol. The maximum Gasteiger partial charge on any atom is 0.573 e. The number of methoxy groups -OCH3 is 1. The number of carbonyl (C=O) groups excluding carboxylic acids is 1. The number of halogens is 3. The van der Waals surface area contributed by atoms with Crippen LogP contribution in [0, 0.1) is 0 Å². The molecule has 2 unspecified atom stereocenters. The van der Waals surface area contributed by atoms with E-state index in [0.29, 0.717) is 47.9 Å². The van der Waals surface area contributed by atoms with E-state index in [1.165, 1.54) is 35.6 Å². The summed E-state index contributed by atoms with van der Waals surface area (Å²) in [7, 11) is 1.49. The minimum absolute atomic E-state index is 0.0303. The van der Waals surface area contributed by atoms with Gasteiger partial charge in [-0.05, 0) is 72.7 Å². The molecule has 1 N–H and O–H groups in total. The van der Waals surface area contributed by atoms with Crippen LogP contribution in [-0.4, -0.2) is 63.2 Å². The highest BCUT2D eigenvalue weighted by molar-refractivity contribution is 5.92. The molecule has 8 nitrogen and oxygen atoms in total. The smallest absolute Gasteiger partial charge is 0.481 e. The summed E-state index contributed by atoms with van der Waals surface area (Å²) >= 11 is 0. The number of hydrogen-bond acceptors (Lipinski definition) is 6. The van der Waals surface area contributed by atoms with Gasteiger partial charge in [0, 0.05) is 37.3 Å². The largest absolute Gasteiger partial charge is 0.573 e. The lowest BCUT2D eigenvalue weighted by molar-refractivity contribution is -0.274. The summed E-state index contributed by atoms with van der Waals surface area (Å²) in [5, 5.41) is 16.8. The second-order valence-electron chi connectivity index (χ2n) is 12.2. The van der Waals surface area contributed by atoms with E-state index >= 15 is 0 Å². The molecule has 256 valence electrons. The highest BCUT2D eigenvalue weighted by Crippen LogP contribution is 2.37. The Bertz CT molecular complexity index is 1700. The number of ether oxygens (including phenoxy) is 2. The van der Waals surface area contributed by atoms with Crippen molar-refractivity contribution in [1.82, 2.24) is 19.6 Å². The zero-order valence-corrected chi connectivity index (χ0v) is 27.8. The average Bonchev–Trinajstić information content (AvgIpc) is 3.51. The van der Waals surface area contributed by atoms with Crippen LogP contribution in [-0.2, 0) is 13.0 Å². The second-order valence-corrected chi connectivity index (χ2v) is 12.2. The van der Waals surface area contributed by atoms with E-state index < -0.39 is 12.6 Å². The molecule has 0 bridgehead atoms. The molecule has 0 saturated heterocycles. The molecule has 0 aliphatic carbocycles. The first-order valence-electron chi connectivity index (χ1n) is 16.5. The Hall–Kier alpha value is -4.35. The van der Waals surface area contributed by atoms with E-state index in [1.54, 1.807) is 30.3 Å². The molecule has 1 aliphatic rings. The Morgan fingerprint density at radius 2 is 1.67 bits per heavy atom. The van der Waals surface area contributed by atoms with Crippen LogP contribution in [0.25, 0.3) is 16.8 Å². The van der Waals surface area contributed by atoms with Crippen LogP contribution in [0.5, 0.6) is 11.6 Å². The number of alkyl halides is 3. The predicted molar refractivity (Wildman–Crippen MR) is 178 cm³/mol. The molecular formula is C37H43F3N4O4. The quantitative estimate of drug-likeness (QED) is 0.156. The summed E-state index contributed by atoms with van der Waals surface area (Å²) in [6.45, 7) is 7.94. The van der Waals surface area contributed by atoms with Crippen molar-refractivity contribution < 1.29 is 32.5 Å². The third-order valence-corrected chi connectivity index (χ3v) is 8.76. The number of aliphatic hydroxyl groups excluding tert-OH is 1. The fraction of sp³-hybridized carbons (Fsp3) is 0.405. The summed E-state index contributed by atoms with van der Waals surface area (Å²) in [5.74, 6) is -0.237. The Labute approximate surface area is 279 Å². The number of aromatic nitrogens is 2. The van der Waals surface area contributed by atoms with Crippen molar-refractivity contribution in [3.63, 3.8) is 0 Å². The van der Waals surface area contributed by atoms with Gasteiger partial charge in [0.1, 0.15) is 12.0 Å². The molecule has 1 aliphatic heterocycles. The van der Waals surface area contributed by atoms with Gasteiger partial charge >= 0.3 is 6.36 Å². The average molecular weight is 665 g/mol. The lowest BCUT2D eigenvalue weighted by Gasteiger charge is -2.38. The molecule has 0 radical (unpaired) electrons. The number of carbonyl (C=O) groups is 1. The van der Waals surface area contributed by atoms with Crippen molar-refractivity contribution in [2.45, 2.75) is 78.1 Å². The van der Waals surface area contributed by atoms with Crippen molar-refractivity contribution >= 4 is 5.91 Å². The molecule has 3 aromatic carbocycles. The van der Waals surface area contributed by atoms with Crippen LogP contribution in [0.4, 0.5) is 13.2 Å². The summed E-state index contributed by atoms with van der Waals surface area (Å²) in [5.41, 5.74) is 4.52. The molecule has 2 atom stereocenters.